The first kappa shape index (κ1) is 35.3. The van der Waals surface area contributed by atoms with E-state index < -0.39 is 80.6 Å². The van der Waals surface area contributed by atoms with Gasteiger partial charge < -0.3 is 54.7 Å². The number of carbonyl (C=O) groups excluding carboxylic acids is 1. The summed E-state index contributed by atoms with van der Waals surface area (Å²) < 4.78 is 21.2. The molecule has 2 heterocycles. The smallest absolute Gasteiger partial charge is 0.305 e. The average Bonchev–Trinajstić information content (AvgIpc) is 2.94. The SMILES string of the molecule is CCCCCCCCCCCCCCCC(=O)OC[C@H]1O[C@@H](O[C@H]2[C@H](O)[C@@H](O)[C@H](O)O[C@@H]2CO)[C@H](O)[C@@H](O)[C@@H]1O. The van der Waals surface area contributed by atoms with Crippen LogP contribution >= 0.6 is 0 Å². The van der Waals surface area contributed by atoms with Gasteiger partial charge >= 0.3 is 5.97 Å². The van der Waals surface area contributed by atoms with Crippen molar-refractivity contribution in [3.8, 4) is 0 Å². The van der Waals surface area contributed by atoms with Crippen molar-refractivity contribution in [1.82, 2.24) is 0 Å². The van der Waals surface area contributed by atoms with Gasteiger partial charge in [0.1, 0.15) is 55.4 Å². The van der Waals surface area contributed by atoms with Crippen molar-refractivity contribution in [2.75, 3.05) is 13.2 Å². The maximum atomic E-state index is 12.2. The molecule has 40 heavy (non-hydrogen) atoms. The molecular formula is C28H52O12. The van der Waals surface area contributed by atoms with Crippen LogP contribution in [0.15, 0.2) is 0 Å². The largest absolute Gasteiger partial charge is 0.463 e. The predicted molar refractivity (Wildman–Crippen MR) is 143 cm³/mol. The molecule has 0 unspecified atom stereocenters. The summed E-state index contributed by atoms with van der Waals surface area (Å²) in [5.74, 6) is -0.481. The maximum Gasteiger partial charge on any atom is 0.305 e. The zero-order chi connectivity index (χ0) is 29.5. The van der Waals surface area contributed by atoms with Crippen molar-refractivity contribution < 1.29 is 59.5 Å². The molecule has 0 aromatic rings. The molecule has 236 valence electrons. The van der Waals surface area contributed by atoms with E-state index in [1.807, 2.05) is 0 Å². The van der Waals surface area contributed by atoms with E-state index >= 15 is 0 Å². The van der Waals surface area contributed by atoms with Crippen LogP contribution in [0.4, 0.5) is 0 Å². The standard InChI is InChI=1S/C28H52O12/c1-2-3-4-5-6-7-8-9-10-11-12-13-14-15-20(30)37-17-19-21(31)22(32)25(35)28(39-19)40-26-18(16-29)38-27(36)24(34)23(26)33/h18-19,21-29,31-36H,2-17H2,1H3/t18-,19-,21-,22+,23-,24-,25-,26-,27-,28+/m1/s1. The number of aliphatic hydroxyl groups is 7. The number of ether oxygens (including phenoxy) is 4. The molecule has 0 aromatic carbocycles. The molecule has 12 heteroatoms. The number of rotatable bonds is 19. The van der Waals surface area contributed by atoms with Crippen LogP contribution in [0.3, 0.4) is 0 Å². The lowest BCUT2D eigenvalue weighted by molar-refractivity contribution is -0.355. The second-order valence-corrected chi connectivity index (χ2v) is 11.0. The Labute approximate surface area is 237 Å². The third-order valence-electron chi connectivity index (χ3n) is 7.69. The molecule has 12 nitrogen and oxygen atoms in total. The quantitative estimate of drug-likeness (QED) is 0.0833. The van der Waals surface area contributed by atoms with Crippen molar-refractivity contribution in [2.45, 2.75) is 158 Å². The van der Waals surface area contributed by atoms with Gasteiger partial charge in [-0.25, -0.2) is 0 Å². The van der Waals surface area contributed by atoms with Crippen LogP contribution in [0, 0.1) is 0 Å². The number of unbranched alkanes of at least 4 members (excludes halogenated alkanes) is 12. The minimum absolute atomic E-state index is 0.204. The highest BCUT2D eigenvalue weighted by atomic mass is 16.7. The highest BCUT2D eigenvalue weighted by molar-refractivity contribution is 5.69. The predicted octanol–water partition coefficient (Wildman–Crippen LogP) is 0.635. The Hall–Kier alpha value is -0.930. The van der Waals surface area contributed by atoms with Gasteiger partial charge in [0.05, 0.1) is 6.61 Å². The number of hydrogen-bond donors (Lipinski definition) is 7. The van der Waals surface area contributed by atoms with Crippen LogP contribution in [0.5, 0.6) is 0 Å². The third kappa shape index (κ3) is 11.4. The van der Waals surface area contributed by atoms with E-state index in [0.29, 0.717) is 6.42 Å². The van der Waals surface area contributed by atoms with Gasteiger partial charge in [0.25, 0.3) is 0 Å². The Morgan fingerprint density at radius 3 is 1.75 bits per heavy atom. The second-order valence-electron chi connectivity index (χ2n) is 11.0. The van der Waals surface area contributed by atoms with E-state index in [1.54, 1.807) is 0 Å². The first-order valence-electron chi connectivity index (χ1n) is 15.0. The Bertz CT molecular complexity index is 680. The van der Waals surface area contributed by atoms with Crippen molar-refractivity contribution in [1.29, 1.82) is 0 Å². The number of carbonyl (C=O) groups is 1. The summed E-state index contributed by atoms with van der Waals surface area (Å²) in [7, 11) is 0. The zero-order valence-corrected chi connectivity index (χ0v) is 23.8. The fourth-order valence-corrected chi connectivity index (χ4v) is 5.09. The molecule has 10 atom stereocenters. The van der Waals surface area contributed by atoms with Gasteiger partial charge in [0.2, 0.25) is 0 Å². The van der Waals surface area contributed by atoms with E-state index in [0.717, 1.165) is 19.3 Å². The highest BCUT2D eigenvalue weighted by Gasteiger charge is 2.50. The van der Waals surface area contributed by atoms with E-state index in [1.165, 1.54) is 57.8 Å². The molecule has 0 saturated carbocycles. The minimum Gasteiger partial charge on any atom is -0.463 e. The average molecular weight is 581 g/mol. The Balaban J connectivity index is 1.65. The first-order chi connectivity index (χ1) is 19.2. The van der Waals surface area contributed by atoms with Crippen LogP contribution in [0.2, 0.25) is 0 Å². The van der Waals surface area contributed by atoms with E-state index in [4.69, 9.17) is 18.9 Å². The van der Waals surface area contributed by atoms with E-state index in [-0.39, 0.29) is 6.42 Å². The maximum absolute atomic E-state index is 12.2. The topological polar surface area (TPSA) is 196 Å². The second kappa shape index (κ2) is 19.3. The Morgan fingerprint density at radius 2 is 1.20 bits per heavy atom. The van der Waals surface area contributed by atoms with Crippen molar-refractivity contribution in [2.24, 2.45) is 0 Å². The summed E-state index contributed by atoms with van der Waals surface area (Å²) in [6.45, 7) is 1.13. The van der Waals surface area contributed by atoms with Gasteiger partial charge in [-0.3, -0.25) is 4.79 Å². The molecule has 0 spiro atoms. The van der Waals surface area contributed by atoms with Crippen molar-refractivity contribution in [3.63, 3.8) is 0 Å². The lowest BCUT2D eigenvalue weighted by Gasteiger charge is -2.45. The molecule has 2 saturated heterocycles. The van der Waals surface area contributed by atoms with Gasteiger partial charge in [0.15, 0.2) is 12.6 Å². The number of hydrogen-bond acceptors (Lipinski definition) is 12. The summed E-state index contributed by atoms with van der Waals surface area (Å²) in [6, 6.07) is 0. The molecule has 0 aliphatic carbocycles. The number of esters is 1. The molecule has 0 radical (unpaired) electrons. The van der Waals surface area contributed by atoms with Gasteiger partial charge in [-0.2, -0.15) is 0 Å². The Morgan fingerprint density at radius 1 is 0.650 bits per heavy atom. The van der Waals surface area contributed by atoms with Crippen LogP contribution in [-0.4, -0.2) is 116 Å². The molecule has 0 aromatic heterocycles. The fourth-order valence-electron chi connectivity index (χ4n) is 5.09. The fraction of sp³-hybridized carbons (Fsp3) is 0.964. The summed E-state index contributed by atoms with van der Waals surface area (Å²) in [4.78, 5) is 12.2. The highest BCUT2D eigenvalue weighted by Crippen LogP contribution is 2.29. The summed E-state index contributed by atoms with van der Waals surface area (Å²) >= 11 is 0. The molecule has 0 bridgehead atoms. The minimum atomic E-state index is -1.77. The molecule has 2 fully saturated rings. The van der Waals surface area contributed by atoms with Crippen molar-refractivity contribution >= 4 is 5.97 Å². The lowest BCUT2D eigenvalue weighted by Crippen LogP contribution is -2.64. The van der Waals surface area contributed by atoms with Crippen LogP contribution in [-0.2, 0) is 23.7 Å². The summed E-state index contributed by atoms with van der Waals surface area (Å²) in [6.07, 6.45) is -0.238. The van der Waals surface area contributed by atoms with E-state index in [9.17, 15) is 40.5 Å². The molecule has 0 amide bonds. The summed E-state index contributed by atoms with van der Waals surface area (Å²) in [5, 5.41) is 70.2. The number of aliphatic hydroxyl groups excluding tert-OH is 7. The summed E-state index contributed by atoms with van der Waals surface area (Å²) in [5.41, 5.74) is 0. The van der Waals surface area contributed by atoms with Crippen LogP contribution < -0.4 is 0 Å². The van der Waals surface area contributed by atoms with Gasteiger partial charge in [0, 0.05) is 6.42 Å². The van der Waals surface area contributed by atoms with Crippen LogP contribution in [0.1, 0.15) is 96.8 Å². The molecule has 7 N–H and O–H groups in total. The zero-order valence-electron chi connectivity index (χ0n) is 23.8. The third-order valence-corrected chi connectivity index (χ3v) is 7.69. The molecular weight excluding hydrogens is 528 g/mol. The first-order valence-corrected chi connectivity index (χ1v) is 15.0. The Kier molecular flexibility index (Phi) is 17.0. The molecule has 2 aliphatic heterocycles. The monoisotopic (exact) mass is 580 g/mol. The molecule has 2 rings (SSSR count). The van der Waals surface area contributed by atoms with Gasteiger partial charge in [-0.15, -0.1) is 0 Å². The lowest BCUT2D eigenvalue weighted by atomic mass is 9.97. The van der Waals surface area contributed by atoms with Crippen LogP contribution in [0.25, 0.3) is 0 Å². The van der Waals surface area contributed by atoms with Gasteiger partial charge in [-0.05, 0) is 6.42 Å². The molecule has 2 aliphatic rings. The normalized spacial score (nSPS) is 34.6. The van der Waals surface area contributed by atoms with E-state index in [2.05, 4.69) is 6.92 Å². The van der Waals surface area contributed by atoms with Gasteiger partial charge in [-0.1, -0.05) is 84.0 Å². The van der Waals surface area contributed by atoms with Crippen molar-refractivity contribution in [3.05, 3.63) is 0 Å².